The van der Waals surface area contributed by atoms with Gasteiger partial charge in [-0.1, -0.05) is 18.2 Å². The average Bonchev–Trinajstić information content (AvgIpc) is 2.90. The number of benzene rings is 1. The zero-order valence-corrected chi connectivity index (χ0v) is 16.4. The second kappa shape index (κ2) is 7.89. The van der Waals surface area contributed by atoms with E-state index < -0.39 is 0 Å². The number of hydrogen-bond donors (Lipinski definition) is 1. The minimum absolute atomic E-state index is 0.127. The van der Waals surface area contributed by atoms with E-state index in [1.807, 2.05) is 37.3 Å². The number of ether oxygens (including phenoxy) is 1. The zero-order valence-electron chi connectivity index (χ0n) is 16.4. The van der Waals surface area contributed by atoms with Gasteiger partial charge in [-0.2, -0.15) is 0 Å². The van der Waals surface area contributed by atoms with Crippen molar-refractivity contribution in [3.8, 4) is 0 Å². The van der Waals surface area contributed by atoms with E-state index in [4.69, 9.17) is 14.9 Å². The Morgan fingerprint density at radius 2 is 2.14 bits per heavy atom. The SMILES string of the molecule is Cc1c(CN(C)C(=O)/C=C/c2cnc3c(c2)COCC(N)=N3)oc2ccccc12. The molecule has 1 aliphatic rings. The maximum Gasteiger partial charge on any atom is 0.246 e. The van der Waals surface area contributed by atoms with Crippen LogP contribution in [0.5, 0.6) is 0 Å². The summed E-state index contributed by atoms with van der Waals surface area (Å²) < 4.78 is 11.3. The molecule has 29 heavy (non-hydrogen) atoms. The molecule has 1 aromatic carbocycles. The molecule has 0 aliphatic carbocycles. The van der Waals surface area contributed by atoms with Crippen LogP contribution in [0.4, 0.5) is 5.82 Å². The van der Waals surface area contributed by atoms with Crippen molar-refractivity contribution in [2.24, 2.45) is 10.7 Å². The highest BCUT2D eigenvalue weighted by Crippen LogP contribution is 2.26. The molecule has 7 nitrogen and oxygen atoms in total. The lowest BCUT2D eigenvalue weighted by Gasteiger charge is -2.13. The van der Waals surface area contributed by atoms with Crippen LogP contribution in [0, 0.1) is 6.92 Å². The Hall–Kier alpha value is -3.45. The molecule has 7 heteroatoms. The van der Waals surface area contributed by atoms with Crippen molar-refractivity contribution in [1.82, 2.24) is 9.88 Å². The van der Waals surface area contributed by atoms with Crippen LogP contribution in [0.2, 0.25) is 0 Å². The van der Waals surface area contributed by atoms with Crippen LogP contribution in [-0.2, 0) is 22.7 Å². The van der Waals surface area contributed by atoms with Gasteiger partial charge >= 0.3 is 0 Å². The molecule has 4 rings (SSSR count). The molecule has 1 amide bonds. The lowest BCUT2D eigenvalue weighted by atomic mass is 10.1. The molecule has 0 saturated heterocycles. The number of aromatic nitrogens is 1. The summed E-state index contributed by atoms with van der Waals surface area (Å²) in [6, 6.07) is 9.77. The monoisotopic (exact) mass is 390 g/mol. The Bertz CT molecular complexity index is 1130. The fourth-order valence-corrected chi connectivity index (χ4v) is 3.22. The van der Waals surface area contributed by atoms with Gasteiger partial charge in [0.25, 0.3) is 0 Å². The number of nitrogens with two attached hydrogens (primary N) is 1. The number of fused-ring (bicyclic) bond motifs is 2. The average molecular weight is 390 g/mol. The molecule has 0 unspecified atom stereocenters. The number of para-hydroxylation sites is 1. The van der Waals surface area contributed by atoms with Gasteiger partial charge in [-0.3, -0.25) is 4.79 Å². The fourth-order valence-electron chi connectivity index (χ4n) is 3.22. The number of carbonyl (C=O) groups excluding carboxylic acids is 1. The van der Waals surface area contributed by atoms with Gasteiger partial charge in [0.2, 0.25) is 5.91 Å². The van der Waals surface area contributed by atoms with Crippen molar-refractivity contribution in [1.29, 1.82) is 0 Å². The van der Waals surface area contributed by atoms with E-state index in [2.05, 4.69) is 9.98 Å². The van der Waals surface area contributed by atoms with Crippen LogP contribution in [0.1, 0.15) is 22.5 Å². The molecular weight excluding hydrogens is 368 g/mol. The Morgan fingerprint density at radius 3 is 2.97 bits per heavy atom. The number of carbonyl (C=O) groups is 1. The van der Waals surface area contributed by atoms with Gasteiger partial charge in [-0.05, 0) is 30.7 Å². The Morgan fingerprint density at radius 1 is 1.31 bits per heavy atom. The lowest BCUT2D eigenvalue weighted by Crippen LogP contribution is -2.24. The number of likely N-dealkylation sites (N-methyl/N-ethyl adjacent to an activating group) is 1. The number of aliphatic imine (C=N–C) groups is 1. The van der Waals surface area contributed by atoms with Gasteiger partial charge < -0.3 is 19.8 Å². The Kier molecular flexibility index (Phi) is 5.14. The maximum absolute atomic E-state index is 12.5. The largest absolute Gasteiger partial charge is 0.459 e. The predicted molar refractivity (Wildman–Crippen MR) is 112 cm³/mol. The van der Waals surface area contributed by atoms with Gasteiger partial charge in [0.15, 0.2) is 5.82 Å². The summed E-state index contributed by atoms with van der Waals surface area (Å²) in [6.07, 6.45) is 4.92. The van der Waals surface area contributed by atoms with Crippen molar-refractivity contribution >= 4 is 34.6 Å². The normalized spacial score (nSPS) is 13.9. The second-order valence-corrected chi connectivity index (χ2v) is 7.02. The van der Waals surface area contributed by atoms with Gasteiger partial charge in [0.05, 0.1) is 13.2 Å². The van der Waals surface area contributed by atoms with E-state index in [1.54, 1.807) is 24.2 Å². The number of hydrogen-bond acceptors (Lipinski definition) is 6. The van der Waals surface area contributed by atoms with Crippen LogP contribution in [0.15, 0.2) is 52.0 Å². The third-order valence-electron chi connectivity index (χ3n) is 4.84. The molecule has 1 aliphatic heterocycles. The van der Waals surface area contributed by atoms with Crippen molar-refractivity contribution in [2.45, 2.75) is 20.1 Å². The zero-order chi connectivity index (χ0) is 20.4. The lowest BCUT2D eigenvalue weighted by molar-refractivity contribution is -0.125. The molecule has 0 saturated carbocycles. The quantitative estimate of drug-likeness (QED) is 0.690. The van der Waals surface area contributed by atoms with Crippen LogP contribution in [0.25, 0.3) is 17.0 Å². The van der Waals surface area contributed by atoms with Gasteiger partial charge in [0.1, 0.15) is 23.8 Å². The van der Waals surface area contributed by atoms with Crippen LogP contribution >= 0.6 is 0 Å². The highest BCUT2D eigenvalue weighted by Gasteiger charge is 2.14. The minimum atomic E-state index is -0.127. The first-order valence-corrected chi connectivity index (χ1v) is 9.31. The van der Waals surface area contributed by atoms with E-state index in [0.717, 1.165) is 33.4 Å². The van der Waals surface area contributed by atoms with E-state index in [1.165, 1.54) is 6.08 Å². The molecule has 148 valence electrons. The van der Waals surface area contributed by atoms with E-state index >= 15 is 0 Å². The van der Waals surface area contributed by atoms with E-state index in [0.29, 0.717) is 24.8 Å². The van der Waals surface area contributed by atoms with Crippen LogP contribution in [-0.4, -0.2) is 35.3 Å². The summed E-state index contributed by atoms with van der Waals surface area (Å²) in [5.41, 5.74) is 9.25. The predicted octanol–water partition coefficient (Wildman–Crippen LogP) is 3.33. The van der Waals surface area contributed by atoms with Gasteiger partial charge in [0, 0.05) is 35.8 Å². The summed E-state index contributed by atoms with van der Waals surface area (Å²) >= 11 is 0. The highest BCUT2D eigenvalue weighted by atomic mass is 16.5. The van der Waals surface area contributed by atoms with Crippen molar-refractivity contribution < 1.29 is 13.9 Å². The topological polar surface area (TPSA) is 94.0 Å². The Balaban J connectivity index is 1.46. The third-order valence-corrected chi connectivity index (χ3v) is 4.84. The molecule has 0 fully saturated rings. The molecule has 2 N–H and O–H groups in total. The van der Waals surface area contributed by atoms with Crippen molar-refractivity contribution in [3.63, 3.8) is 0 Å². The highest BCUT2D eigenvalue weighted by molar-refractivity contribution is 5.92. The number of pyridine rings is 1. The smallest absolute Gasteiger partial charge is 0.246 e. The Labute approximate surface area is 168 Å². The number of amides is 1. The maximum atomic E-state index is 12.5. The van der Waals surface area contributed by atoms with Crippen LogP contribution < -0.4 is 5.73 Å². The molecular formula is C22H22N4O3. The van der Waals surface area contributed by atoms with Gasteiger partial charge in [-0.25, -0.2) is 9.98 Å². The first-order valence-electron chi connectivity index (χ1n) is 9.31. The first kappa shape index (κ1) is 18.9. The third kappa shape index (κ3) is 4.05. The number of amidine groups is 1. The van der Waals surface area contributed by atoms with Crippen LogP contribution in [0.3, 0.4) is 0 Å². The van der Waals surface area contributed by atoms with E-state index in [-0.39, 0.29) is 12.5 Å². The first-order chi connectivity index (χ1) is 14.0. The molecule has 0 radical (unpaired) electrons. The second-order valence-electron chi connectivity index (χ2n) is 7.02. The number of aryl methyl sites for hydroxylation is 1. The summed E-state index contributed by atoms with van der Waals surface area (Å²) in [5.74, 6) is 1.62. The molecule has 3 aromatic rings. The molecule has 2 aromatic heterocycles. The summed E-state index contributed by atoms with van der Waals surface area (Å²) in [7, 11) is 1.75. The molecule has 0 bridgehead atoms. The number of rotatable bonds is 4. The summed E-state index contributed by atoms with van der Waals surface area (Å²) in [4.78, 5) is 22.7. The standard InChI is InChI=1S/C22H22N4O3/c1-14-17-5-3-4-6-18(17)29-19(14)11-26(2)21(27)8-7-15-9-16-12-28-13-20(23)25-22(16)24-10-15/h3-10H,11-13H2,1-2H3,(H2,23,24,25)/b8-7+. The summed E-state index contributed by atoms with van der Waals surface area (Å²) in [5, 5.41) is 1.07. The van der Waals surface area contributed by atoms with Gasteiger partial charge in [-0.15, -0.1) is 0 Å². The fraction of sp³-hybridized carbons (Fsp3) is 0.227. The number of nitrogens with zero attached hydrogens (tertiary/aromatic N) is 3. The molecule has 0 spiro atoms. The summed E-state index contributed by atoms with van der Waals surface area (Å²) in [6.45, 7) is 3.07. The molecule has 0 atom stereocenters. The minimum Gasteiger partial charge on any atom is -0.459 e. The number of furan rings is 1. The van der Waals surface area contributed by atoms with Crippen molar-refractivity contribution in [3.05, 3.63) is 65.1 Å². The van der Waals surface area contributed by atoms with E-state index in [9.17, 15) is 4.79 Å². The molecule has 3 heterocycles. The van der Waals surface area contributed by atoms with Crippen molar-refractivity contribution in [2.75, 3.05) is 13.7 Å².